The van der Waals surface area contributed by atoms with Gasteiger partial charge in [-0.05, 0) is 27.5 Å². The number of alkyl halides is 5. The van der Waals surface area contributed by atoms with E-state index in [0.717, 1.165) is 0 Å². The van der Waals surface area contributed by atoms with Gasteiger partial charge in [-0.25, -0.2) is 0 Å². The quantitative estimate of drug-likeness (QED) is 0.523. The molecule has 1 nitrogen and oxygen atoms in total. The van der Waals surface area contributed by atoms with E-state index in [1.165, 1.54) is 0 Å². The van der Waals surface area contributed by atoms with Crippen LogP contribution in [0, 0.1) is 0 Å². The molecule has 0 rings (SSSR count). The molecule has 0 bridgehead atoms. The van der Waals surface area contributed by atoms with Crippen molar-refractivity contribution in [3.8, 4) is 0 Å². The average molecular weight is 260 g/mol. The second-order valence-corrected chi connectivity index (χ2v) is 3.90. The van der Waals surface area contributed by atoms with Crippen LogP contribution in [0.5, 0.6) is 0 Å². The van der Waals surface area contributed by atoms with Crippen molar-refractivity contribution in [1.29, 1.82) is 0 Å². The summed E-state index contributed by atoms with van der Waals surface area (Å²) in [4.78, 5) is 9.98. The third-order valence-electron chi connectivity index (χ3n) is 0.603. The van der Waals surface area contributed by atoms with Crippen molar-refractivity contribution in [3.05, 3.63) is 0 Å². The van der Waals surface area contributed by atoms with Crippen LogP contribution in [0.3, 0.4) is 0 Å². The lowest BCUT2D eigenvalue weighted by Crippen LogP contribution is -2.38. The second-order valence-electron chi connectivity index (χ2n) is 1.35. The molecule has 0 saturated heterocycles. The van der Waals surface area contributed by atoms with Gasteiger partial charge in [-0.1, -0.05) is 11.6 Å². The molecule has 0 aliphatic heterocycles. The third kappa shape index (κ3) is 2.00. The Morgan fingerprint density at radius 2 is 1.70 bits per heavy atom. The molecule has 7 heteroatoms. The summed E-state index contributed by atoms with van der Waals surface area (Å²) in [7, 11) is 0. The topological polar surface area (TPSA) is 17.1 Å². The molecule has 0 heterocycles. The van der Waals surface area contributed by atoms with Crippen LogP contribution < -0.4 is 0 Å². The fourth-order valence-corrected chi connectivity index (χ4v) is 0.219. The molecule has 0 aromatic carbocycles. The smallest absolute Gasteiger partial charge is 0.278 e. The Hall–Kier alpha value is 0.520. The molecule has 0 N–H and O–H groups in total. The van der Waals surface area contributed by atoms with Crippen LogP contribution in [-0.4, -0.2) is 15.2 Å². The Labute approximate surface area is 72.6 Å². The SMILES string of the molecule is O=C(Cl)C(Cl)(Br)C(F)(F)F. The highest BCUT2D eigenvalue weighted by atomic mass is 79.9. The van der Waals surface area contributed by atoms with Crippen molar-refractivity contribution >= 4 is 44.4 Å². The van der Waals surface area contributed by atoms with Crippen LogP contribution in [0.4, 0.5) is 13.2 Å². The van der Waals surface area contributed by atoms with Gasteiger partial charge in [0.25, 0.3) is 9.03 Å². The molecular formula is C3BrCl2F3O. The number of rotatable bonds is 1. The molecular weight excluding hydrogens is 260 g/mol. The standard InChI is InChI=1S/C3BrCl2F3O/c4-2(6,1(5)10)3(7,8)9. The first-order valence-electron chi connectivity index (χ1n) is 1.84. The van der Waals surface area contributed by atoms with E-state index < -0.39 is 15.2 Å². The molecule has 0 aliphatic rings. The van der Waals surface area contributed by atoms with E-state index in [9.17, 15) is 18.0 Å². The zero-order chi connectivity index (χ0) is 8.58. The van der Waals surface area contributed by atoms with Crippen molar-refractivity contribution in [3.63, 3.8) is 0 Å². The lowest BCUT2D eigenvalue weighted by atomic mass is 10.4. The number of hydrogen-bond donors (Lipinski definition) is 0. The van der Waals surface area contributed by atoms with Gasteiger partial charge in [0.2, 0.25) is 0 Å². The Morgan fingerprint density at radius 1 is 1.40 bits per heavy atom. The first-order valence-corrected chi connectivity index (χ1v) is 3.39. The van der Waals surface area contributed by atoms with Crippen molar-refractivity contribution in [2.75, 3.05) is 0 Å². The summed E-state index contributed by atoms with van der Waals surface area (Å²) in [6.07, 6.45) is -4.88. The summed E-state index contributed by atoms with van der Waals surface area (Å²) < 4.78 is 31.6. The van der Waals surface area contributed by atoms with Gasteiger partial charge in [0.1, 0.15) is 0 Å². The summed E-state index contributed by atoms with van der Waals surface area (Å²) in [6.45, 7) is 0. The molecule has 0 aliphatic carbocycles. The van der Waals surface area contributed by atoms with E-state index >= 15 is 0 Å². The maximum Gasteiger partial charge on any atom is 0.426 e. The minimum absolute atomic E-state index is 1.71. The van der Waals surface area contributed by atoms with Crippen molar-refractivity contribution in [2.45, 2.75) is 9.96 Å². The van der Waals surface area contributed by atoms with Crippen LogP contribution >= 0.6 is 39.1 Å². The van der Waals surface area contributed by atoms with Gasteiger partial charge in [0.15, 0.2) is 0 Å². The largest absolute Gasteiger partial charge is 0.426 e. The Balaban J connectivity index is 4.57. The van der Waals surface area contributed by atoms with Gasteiger partial charge in [-0.2, -0.15) is 13.2 Å². The third-order valence-corrected chi connectivity index (χ3v) is 2.41. The molecule has 1 unspecified atom stereocenters. The lowest BCUT2D eigenvalue weighted by Gasteiger charge is -2.17. The summed E-state index contributed by atoms with van der Waals surface area (Å²) in [5.41, 5.74) is 0. The number of halogens is 6. The Morgan fingerprint density at radius 3 is 1.70 bits per heavy atom. The van der Waals surface area contributed by atoms with E-state index in [4.69, 9.17) is 0 Å². The maximum absolute atomic E-state index is 11.6. The molecule has 60 valence electrons. The van der Waals surface area contributed by atoms with Crippen LogP contribution in [0.2, 0.25) is 0 Å². The molecule has 10 heavy (non-hydrogen) atoms. The highest BCUT2D eigenvalue weighted by molar-refractivity contribution is 9.10. The number of hydrogen-bond acceptors (Lipinski definition) is 1. The first-order chi connectivity index (χ1) is 4.19. The van der Waals surface area contributed by atoms with Crippen LogP contribution in [0.1, 0.15) is 0 Å². The Kier molecular flexibility index (Phi) is 3.02. The van der Waals surface area contributed by atoms with Crippen LogP contribution in [0.25, 0.3) is 0 Å². The zero-order valence-electron chi connectivity index (χ0n) is 4.18. The van der Waals surface area contributed by atoms with Crippen LogP contribution in [0.15, 0.2) is 0 Å². The fourth-order valence-electron chi connectivity index (χ4n) is 0.111. The van der Waals surface area contributed by atoms with Gasteiger partial charge in [-0.15, -0.1) is 0 Å². The van der Waals surface area contributed by atoms with Gasteiger partial charge in [-0.3, -0.25) is 4.79 Å². The predicted octanol–water partition coefficient (Wildman–Crippen LogP) is 2.64. The first kappa shape index (κ1) is 10.5. The number of carbonyl (C=O) groups excluding carboxylic acids is 1. The highest BCUT2D eigenvalue weighted by Gasteiger charge is 2.57. The molecule has 0 saturated carbocycles. The van der Waals surface area contributed by atoms with E-state index in [-0.39, 0.29) is 0 Å². The summed E-state index contributed by atoms with van der Waals surface area (Å²) in [5, 5.41) is -1.71. The van der Waals surface area contributed by atoms with Crippen molar-refractivity contribution in [2.24, 2.45) is 0 Å². The van der Waals surface area contributed by atoms with E-state index in [2.05, 4.69) is 23.2 Å². The highest BCUT2D eigenvalue weighted by Crippen LogP contribution is 2.42. The number of carbonyl (C=O) groups is 1. The summed E-state index contributed by atoms with van der Waals surface area (Å²) in [5.74, 6) is 0. The van der Waals surface area contributed by atoms with E-state index in [0.29, 0.717) is 0 Å². The monoisotopic (exact) mass is 258 g/mol. The molecule has 0 amide bonds. The van der Waals surface area contributed by atoms with E-state index in [1.807, 2.05) is 15.9 Å². The Bertz CT molecular complexity index is 154. The van der Waals surface area contributed by atoms with Gasteiger partial charge < -0.3 is 0 Å². The molecule has 0 radical (unpaired) electrons. The molecule has 1 atom stereocenters. The van der Waals surface area contributed by atoms with Crippen molar-refractivity contribution < 1.29 is 18.0 Å². The minimum atomic E-state index is -4.88. The fraction of sp³-hybridized carbons (Fsp3) is 0.667. The normalized spacial score (nSPS) is 18.2. The molecule has 0 spiro atoms. The van der Waals surface area contributed by atoms with Crippen molar-refractivity contribution in [1.82, 2.24) is 0 Å². The van der Waals surface area contributed by atoms with Crippen LogP contribution in [-0.2, 0) is 4.79 Å². The van der Waals surface area contributed by atoms with Gasteiger partial charge in [0, 0.05) is 0 Å². The van der Waals surface area contributed by atoms with Gasteiger partial charge in [0.05, 0.1) is 0 Å². The lowest BCUT2D eigenvalue weighted by molar-refractivity contribution is -0.149. The maximum atomic E-state index is 11.6. The average Bonchev–Trinajstić information content (AvgIpc) is 1.62. The van der Waals surface area contributed by atoms with E-state index in [1.54, 1.807) is 0 Å². The summed E-state index contributed by atoms with van der Waals surface area (Å²) in [6, 6.07) is 0. The molecule has 0 aromatic rings. The minimum Gasteiger partial charge on any atom is -0.278 e. The predicted molar refractivity (Wildman–Crippen MR) is 34.4 cm³/mol. The molecule has 0 fully saturated rings. The second kappa shape index (κ2) is 2.87. The summed E-state index contributed by atoms with van der Waals surface area (Å²) >= 11 is 11.1. The van der Waals surface area contributed by atoms with Gasteiger partial charge >= 0.3 is 6.18 Å². The zero-order valence-corrected chi connectivity index (χ0v) is 7.27. The molecule has 0 aromatic heterocycles.